The van der Waals surface area contributed by atoms with Gasteiger partial charge in [0.05, 0.1) is 12.7 Å². The number of benzene rings is 1. The van der Waals surface area contributed by atoms with E-state index in [0.717, 1.165) is 0 Å². The van der Waals surface area contributed by atoms with Gasteiger partial charge >= 0.3 is 11.9 Å². The molecule has 0 bridgehead atoms. The van der Waals surface area contributed by atoms with Crippen molar-refractivity contribution in [3.63, 3.8) is 0 Å². The second kappa shape index (κ2) is 3.57. The molecule has 1 aliphatic rings. The summed E-state index contributed by atoms with van der Waals surface area (Å²) in [4.78, 5) is 22.0. The van der Waals surface area contributed by atoms with Gasteiger partial charge in [0.15, 0.2) is 0 Å². The molecule has 1 aliphatic heterocycles. The molecule has 0 atom stereocenters. The normalized spacial score (nSPS) is 14.9. The van der Waals surface area contributed by atoms with Crippen LogP contribution in [0.3, 0.4) is 0 Å². The van der Waals surface area contributed by atoms with Gasteiger partial charge in [-0.05, 0) is 17.7 Å². The zero-order chi connectivity index (χ0) is 10.8. The maximum atomic E-state index is 11.2. The van der Waals surface area contributed by atoms with E-state index in [1.807, 2.05) is 0 Å². The summed E-state index contributed by atoms with van der Waals surface area (Å²) in [6, 6.07) is 6.83. The first kappa shape index (κ1) is 9.45. The average Bonchev–Trinajstić information content (AvgIpc) is 2.58. The lowest BCUT2D eigenvalue weighted by atomic mass is 10.1. The van der Waals surface area contributed by atoms with Crippen molar-refractivity contribution in [2.24, 2.45) is 0 Å². The van der Waals surface area contributed by atoms with Crippen molar-refractivity contribution in [2.45, 2.75) is 0 Å². The molecule has 1 heterocycles. The van der Waals surface area contributed by atoms with Crippen molar-refractivity contribution in [3.05, 3.63) is 35.9 Å². The van der Waals surface area contributed by atoms with Gasteiger partial charge in [0.1, 0.15) is 5.75 Å². The quantitative estimate of drug-likeness (QED) is 0.536. The first-order chi connectivity index (χ1) is 7.20. The SMILES string of the molecule is COc1ccc(C2=CC(=O)OC2=O)cc1. The number of cyclic esters (lactones) is 2. The van der Waals surface area contributed by atoms with E-state index in [1.165, 1.54) is 6.08 Å². The summed E-state index contributed by atoms with van der Waals surface area (Å²) in [5.74, 6) is -0.534. The minimum Gasteiger partial charge on any atom is -0.497 e. The summed E-state index contributed by atoms with van der Waals surface area (Å²) in [5, 5.41) is 0. The smallest absolute Gasteiger partial charge is 0.346 e. The highest BCUT2D eigenvalue weighted by Gasteiger charge is 2.24. The highest BCUT2D eigenvalue weighted by Crippen LogP contribution is 2.23. The summed E-state index contributed by atoms with van der Waals surface area (Å²) in [7, 11) is 1.56. The summed E-state index contributed by atoms with van der Waals surface area (Å²) >= 11 is 0. The van der Waals surface area contributed by atoms with Crippen LogP contribution in [0.2, 0.25) is 0 Å². The molecular formula is C11H8O4. The first-order valence-electron chi connectivity index (χ1n) is 4.33. The molecular weight excluding hydrogens is 196 g/mol. The zero-order valence-corrected chi connectivity index (χ0v) is 8.02. The van der Waals surface area contributed by atoms with Crippen LogP contribution in [-0.4, -0.2) is 19.0 Å². The molecule has 0 saturated heterocycles. The zero-order valence-electron chi connectivity index (χ0n) is 8.02. The molecule has 4 heteroatoms. The lowest BCUT2D eigenvalue weighted by molar-refractivity contribution is -0.149. The second-order valence-electron chi connectivity index (χ2n) is 3.00. The van der Waals surface area contributed by atoms with Gasteiger partial charge in [-0.1, -0.05) is 12.1 Å². The Balaban J connectivity index is 2.34. The van der Waals surface area contributed by atoms with Gasteiger partial charge in [0.25, 0.3) is 0 Å². The molecule has 1 aromatic carbocycles. The Bertz CT molecular complexity index is 442. The highest BCUT2D eigenvalue weighted by molar-refractivity contribution is 6.28. The summed E-state index contributed by atoms with van der Waals surface area (Å²) in [5.41, 5.74) is 0.925. The molecule has 0 aliphatic carbocycles. The highest BCUT2D eigenvalue weighted by atomic mass is 16.6. The molecule has 4 nitrogen and oxygen atoms in total. The summed E-state index contributed by atoms with van der Waals surface area (Å²) < 4.78 is 9.36. The van der Waals surface area contributed by atoms with E-state index in [1.54, 1.807) is 31.4 Å². The molecule has 2 rings (SSSR count). The Hall–Kier alpha value is -2.10. The van der Waals surface area contributed by atoms with E-state index in [0.29, 0.717) is 11.3 Å². The minimum atomic E-state index is -0.620. The molecule has 15 heavy (non-hydrogen) atoms. The minimum absolute atomic E-state index is 0.280. The van der Waals surface area contributed by atoms with Gasteiger partial charge < -0.3 is 9.47 Å². The number of hydrogen-bond donors (Lipinski definition) is 0. The van der Waals surface area contributed by atoms with Crippen LogP contribution in [0, 0.1) is 0 Å². The van der Waals surface area contributed by atoms with Gasteiger partial charge in [-0.2, -0.15) is 0 Å². The van der Waals surface area contributed by atoms with E-state index < -0.39 is 11.9 Å². The Morgan fingerprint density at radius 2 is 1.80 bits per heavy atom. The molecule has 0 radical (unpaired) electrons. The van der Waals surface area contributed by atoms with Crippen molar-refractivity contribution in [2.75, 3.05) is 7.11 Å². The van der Waals surface area contributed by atoms with Crippen molar-refractivity contribution < 1.29 is 19.1 Å². The van der Waals surface area contributed by atoms with Crippen molar-refractivity contribution in [3.8, 4) is 5.75 Å². The number of esters is 2. The lowest BCUT2D eigenvalue weighted by Gasteiger charge is -2.01. The third-order valence-corrected chi connectivity index (χ3v) is 2.08. The van der Waals surface area contributed by atoms with Crippen LogP contribution < -0.4 is 4.74 Å². The number of rotatable bonds is 2. The molecule has 0 unspecified atom stereocenters. The van der Waals surface area contributed by atoms with Crippen LogP contribution in [0.5, 0.6) is 5.75 Å². The molecule has 0 spiro atoms. The molecule has 0 N–H and O–H groups in total. The molecule has 0 saturated carbocycles. The Kier molecular flexibility index (Phi) is 2.25. The monoisotopic (exact) mass is 204 g/mol. The van der Waals surface area contributed by atoms with Crippen LogP contribution in [0.1, 0.15) is 5.56 Å². The number of carbonyl (C=O) groups is 2. The maximum Gasteiger partial charge on any atom is 0.346 e. The third kappa shape index (κ3) is 1.74. The molecule has 76 valence electrons. The van der Waals surface area contributed by atoms with E-state index in [9.17, 15) is 9.59 Å². The summed E-state index contributed by atoms with van der Waals surface area (Å²) in [6.45, 7) is 0. The fourth-order valence-corrected chi connectivity index (χ4v) is 1.32. The van der Waals surface area contributed by atoms with Gasteiger partial charge in [0, 0.05) is 6.08 Å². The van der Waals surface area contributed by atoms with Crippen molar-refractivity contribution >= 4 is 17.5 Å². The van der Waals surface area contributed by atoms with E-state index >= 15 is 0 Å². The van der Waals surface area contributed by atoms with E-state index in [2.05, 4.69) is 4.74 Å². The first-order valence-corrected chi connectivity index (χ1v) is 4.33. The fourth-order valence-electron chi connectivity index (χ4n) is 1.32. The number of methoxy groups -OCH3 is 1. The topological polar surface area (TPSA) is 52.6 Å². The van der Waals surface area contributed by atoms with Crippen molar-refractivity contribution in [1.29, 1.82) is 0 Å². The Morgan fingerprint density at radius 3 is 2.27 bits per heavy atom. The van der Waals surface area contributed by atoms with Crippen LogP contribution in [0.15, 0.2) is 30.3 Å². The van der Waals surface area contributed by atoms with Gasteiger partial charge in [-0.15, -0.1) is 0 Å². The number of hydrogen-bond acceptors (Lipinski definition) is 4. The lowest BCUT2D eigenvalue weighted by Crippen LogP contribution is -2.01. The Labute approximate surface area is 86.1 Å². The third-order valence-electron chi connectivity index (χ3n) is 2.08. The van der Waals surface area contributed by atoms with Crippen molar-refractivity contribution in [1.82, 2.24) is 0 Å². The van der Waals surface area contributed by atoms with Crippen LogP contribution in [0.25, 0.3) is 5.57 Å². The largest absolute Gasteiger partial charge is 0.497 e. The van der Waals surface area contributed by atoms with Crippen LogP contribution in [0.4, 0.5) is 0 Å². The fraction of sp³-hybridized carbons (Fsp3) is 0.0909. The predicted molar refractivity (Wildman–Crippen MR) is 52.1 cm³/mol. The second-order valence-corrected chi connectivity index (χ2v) is 3.00. The van der Waals surface area contributed by atoms with E-state index in [-0.39, 0.29) is 5.57 Å². The molecule has 0 fully saturated rings. The van der Waals surface area contributed by atoms with Gasteiger partial charge in [0.2, 0.25) is 0 Å². The van der Waals surface area contributed by atoms with Gasteiger partial charge in [-0.25, -0.2) is 9.59 Å². The van der Waals surface area contributed by atoms with Crippen LogP contribution >= 0.6 is 0 Å². The average molecular weight is 204 g/mol. The molecule has 0 amide bonds. The summed E-state index contributed by atoms with van der Waals surface area (Å²) in [6.07, 6.45) is 1.18. The van der Waals surface area contributed by atoms with Crippen LogP contribution in [-0.2, 0) is 14.3 Å². The Morgan fingerprint density at radius 1 is 1.13 bits per heavy atom. The van der Waals surface area contributed by atoms with E-state index in [4.69, 9.17) is 4.74 Å². The van der Waals surface area contributed by atoms with Gasteiger partial charge in [-0.3, -0.25) is 0 Å². The predicted octanol–water partition coefficient (Wildman–Crippen LogP) is 1.16. The number of ether oxygens (including phenoxy) is 2. The standard InChI is InChI=1S/C11H8O4/c1-14-8-4-2-7(3-5-8)9-6-10(12)15-11(9)13/h2-6H,1H3. The number of carbonyl (C=O) groups excluding carboxylic acids is 2. The molecule has 1 aromatic rings. The molecule has 0 aromatic heterocycles. The maximum absolute atomic E-state index is 11.2.